The summed E-state index contributed by atoms with van der Waals surface area (Å²) in [5.74, 6) is -1.47. The molecule has 0 aliphatic rings. The lowest BCUT2D eigenvalue weighted by Crippen LogP contribution is -2.50. The Morgan fingerprint density at radius 3 is 2.81 bits per heavy atom. The molecule has 2 amide bonds. The second-order valence-electron chi connectivity index (χ2n) is 5.94. The first-order valence-electron chi connectivity index (χ1n) is 8.16. The van der Waals surface area contributed by atoms with Gasteiger partial charge in [0, 0.05) is 23.4 Å². The normalized spacial score (nSPS) is 13.2. The number of carbonyl (C=O) groups is 2. The average molecular weight is 378 g/mol. The summed E-state index contributed by atoms with van der Waals surface area (Å²) in [6.07, 6.45) is 0.761. The molecule has 0 aliphatic heterocycles. The first-order valence-corrected chi connectivity index (χ1v) is 8.54. The lowest BCUT2D eigenvalue weighted by molar-refractivity contribution is -0.122. The number of fused-ring (bicyclic) bond motifs is 1. The minimum absolute atomic E-state index is 0.0923. The van der Waals surface area contributed by atoms with E-state index in [2.05, 4.69) is 16.5 Å². The van der Waals surface area contributed by atoms with Crippen LogP contribution in [0, 0.1) is 11.3 Å². The third-order valence-electron chi connectivity index (χ3n) is 3.91. The number of rotatable bonds is 8. The van der Waals surface area contributed by atoms with Gasteiger partial charge in [-0.25, -0.2) is 0 Å². The van der Waals surface area contributed by atoms with E-state index in [1.165, 1.54) is 6.92 Å². The van der Waals surface area contributed by atoms with Gasteiger partial charge in [-0.1, -0.05) is 11.6 Å². The van der Waals surface area contributed by atoms with Crippen molar-refractivity contribution in [1.29, 1.82) is 5.26 Å². The number of primary amides is 1. The summed E-state index contributed by atoms with van der Waals surface area (Å²) in [6.45, 7) is 1.89. The molecule has 0 saturated heterocycles. The average Bonchev–Trinajstić information content (AvgIpc) is 2.93. The second kappa shape index (κ2) is 8.65. The molecule has 0 fully saturated rings. The van der Waals surface area contributed by atoms with E-state index in [4.69, 9.17) is 22.6 Å². The topological polar surface area (TPSA) is 134 Å². The van der Waals surface area contributed by atoms with Crippen LogP contribution in [0.4, 0.5) is 0 Å². The van der Waals surface area contributed by atoms with Gasteiger partial charge in [-0.3, -0.25) is 14.3 Å². The maximum atomic E-state index is 12.6. The van der Waals surface area contributed by atoms with Crippen LogP contribution in [0.5, 0.6) is 0 Å². The predicted octanol–water partition coefficient (Wildman–Crippen LogP) is 1.35. The number of aliphatic hydroxyl groups excluding tert-OH is 1. The number of nitriles is 1. The Labute approximate surface area is 155 Å². The van der Waals surface area contributed by atoms with E-state index < -0.39 is 24.0 Å². The number of nitrogens with zero attached hydrogens (tertiary/aromatic N) is 3. The second-order valence-corrected chi connectivity index (χ2v) is 6.38. The smallest absolute Gasteiger partial charge is 0.273 e. The number of aryl methyl sites for hydroxylation is 1. The zero-order valence-electron chi connectivity index (χ0n) is 14.3. The third-order valence-corrected chi connectivity index (χ3v) is 4.15. The molecular formula is C17H20ClN5O3. The molecule has 0 saturated carbocycles. The molecule has 8 nitrogen and oxygen atoms in total. The summed E-state index contributed by atoms with van der Waals surface area (Å²) < 4.78 is 1.67. The number of halogens is 1. The van der Waals surface area contributed by atoms with E-state index in [1.807, 2.05) is 0 Å². The Morgan fingerprint density at radius 1 is 1.46 bits per heavy atom. The minimum atomic E-state index is -1.22. The zero-order valence-corrected chi connectivity index (χ0v) is 15.0. The molecule has 1 aromatic carbocycles. The van der Waals surface area contributed by atoms with E-state index in [9.17, 15) is 14.7 Å². The molecule has 1 aromatic heterocycles. The highest BCUT2D eigenvalue weighted by molar-refractivity contribution is 6.31. The molecule has 4 N–H and O–H groups in total. The third kappa shape index (κ3) is 4.50. The Kier molecular flexibility index (Phi) is 6.55. The summed E-state index contributed by atoms with van der Waals surface area (Å²) in [5, 5.41) is 25.9. The largest absolute Gasteiger partial charge is 0.391 e. The van der Waals surface area contributed by atoms with Gasteiger partial charge in [0.05, 0.1) is 17.7 Å². The number of nitrogens with two attached hydrogens (primary N) is 1. The molecule has 2 rings (SSSR count). The summed E-state index contributed by atoms with van der Waals surface area (Å²) >= 11 is 6.04. The first-order chi connectivity index (χ1) is 12.3. The highest BCUT2D eigenvalue weighted by atomic mass is 35.5. The minimum Gasteiger partial charge on any atom is -0.391 e. The zero-order chi connectivity index (χ0) is 19.3. The van der Waals surface area contributed by atoms with Crippen molar-refractivity contribution in [1.82, 2.24) is 15.1 Å². The van der Waals surface area contributed by atoms with Crippen LogP contribution in [0.2, 0.25) is 5.02 Å². The van der Waals surface area contributed by atoms with E-state index in [-0.39, 0.29) is 5.69 Å². The van der Waals surface area contributed by atoms with Crippen molar-refractivity contribution in [2.24, 2.45) is 5.73 Å². The summed E-state index contributed by atoms with van der Waals surface area (Å²) in [5.41, 5.74) is 6.02. The fourth-order valence-electron chi connectivity index (χ4n) is 2.59. The number of aromatic nitrogens is 2. The summed E-state index contributed by atoms with van der Waals surface area (Å²) in [4.78, 5) is 24.0. The molecule has 9 heteroatoms. The molecule has 0 spiro atoms. The number of carbonyl (C=O) groups excluding carboxylic acids is 2. The molecule has 2 atom stereocenters. The quantitative estimate of drug-likeness (QED) is 0.597. The first kappa shape index (κ1) is 19.7. The number of nitrogens with one attached hydrogen (secondary N) is 1. The van der Waals surface area contributed by atoms with Gasteiger partial charge < -0.3 is 16.2 Å². The van der Waals surface area contributed by atoms with Crippen LogP contribution in [-0.4, -0.2) is 38.8 Å². The molecule has 0 radical (unpaired) electrons. The number of aliphatic hydroxyl groups is 1. The van der Waals surface area contributed by atoms with Crippen LogP contribution in [0.3, 0.4) is 0 Å². The fourth-order valence-corrected chi connectivity index (χ4v) is 2.77. The molecule has 0 aliphatic carbocycles. The van der Waals surface area contributed by atoms with Gasteiger partial charge in [0.25, 0.3) is 5.91 Å². The Bertz CT molecular complexity index is 856. The number of hydrogen-bond acceptors (Lipinski definition) is 5. The van der Waals surface area contributed by atoms with Crippen LogP contribution in [-0.2, 0) is 11.3 Å². The molecule has 0 unspecified atom stereocenters. The lowest BCUT2D eigenvalue weighted by Gasteiger charge is -2.17. The number of amides is 2. The van der Waals surface area contributed by atoms with E-state index >= 15 is 0 Å². The van der Waals surface area contributed by atoms with Crippen LogP contribution in [0.15, 0.2) is 18.2 Å². The Balaban J connectivity index is 2.33. The molecule has 0 bridgehead atoms. The molecule has 2 aromatic rings. The highest BCUT2D eigenvalue weighted by Crippen LogP contribution is 2.23. The van der Waals surface area contributed by atoms with Gasteiger partial charge in [-0.15, -0.1) is 0 Å². The van der Waals surface area contributed by atoms with Gasteiger partial charge in [0.1, 0.15) is 6.04 Å². The Hall–Kier alpha value is -2.63. The number of unbranched alkanes of at least 4 members (excludes halogenated alkanes) is 2. The summed E-state index contributed by atoms with van der Waals surface area (Å²) in [7, 11) is 0. The maximum absolute atomic E-state index is 12.6. The Morgan fingerprint density at radius 2 is 2.19 bits per heavy atom. The van der Waals surface area contributed by atoms with Gasteiger partial charge in [-0.05, 0) is 38.0 Å². The lowest BCUT2D eigenvalue weighted by atomic mass is 10.1. The summed E-state index contributed by atoms with van der Waals surface area (Å²) in [6, 6.07) is 5.93. The number of benzene rings is 1. The van der Waals surface area contributed by atoms with Gasteiger partial charge in [0.2, 0.25) is 5.91 Å². The predicted molar refractivity (Wildman–Crippen MR) is 96.3 cm³/mol. The standard InChI is InChI=1S/C17H20ClN5O3/c1-10(24)14(16(20)25)21-17(26)15-12-9-11(18)5-6-13(12)23(22-15)8-4-2-3-7-19/h5-6,9-10,14,24H,2-4,8H2,1H3,(H2,20,25)(H,21,26)/t10-,14+/m1/s1. The van der Waals surface area contributed by atoms with Crippen molar-refractivity contribution in [2.75, 3.05) is 0 Å². The van der Waals surface area contributed by atoms with E-state index in [0.717, 1.165) is 12.8 Å². The van der Waals surface area contributed by atoms with E-state index in [1.54, 1.807) is 22.9 Å². The maximum Gasteiger partial charge on any atom is 0.273 e. The van der Waals surface area contributed by atoms with Gasteiger partial charge in [-0.2, -0.15) is 10.4 Å². The van der Waals surface area contributed by atoms with Crippen molar-refractivity contribution < 1.29 is 14.7 Å². The van der Waals surface area contributed by atoms with Crippen molar-refractivity contribution in [3.8, 4) is 6.07 Å². The van der Waals surface area contributed by atoms with Gasteiger partial charge >= 0.3 is 0 Å². The molecular weight excluding hydrogens is 358 g/mol. The van der Waals surface area contributed by atoms with Crippen molar-refractivity contribution in [3.05, 3.63) is 28.9 Å². The number of hydrogen-bond donors (Lipinski definition) is 3. The van der Waals surface area contributed by atoms with Crippen molar-refractivity contribution in [2.45, 2.75) is 44.9 Å². The van der Waals surface area contributed by atoms with Crippen LogP contribution < -0.4 is 11.1 Å². The SMILES string of the molecule is C[C@@H](O)[C@H](NC(=O)c1nn(CCCCC#N)c2ccc(Cl)cc12)C(N)=O. The van der Waals surface area contributed by atoms with Crippen molar-refractivity contribution >= 4 is 34.3 Å². The van der Waals surface area contributed by atoms with Crippen molar-refractivity contribution in [3.63, 3.8) is 0 Å². The van der Waals surface area contributed by atoms with Gasteiger partial charge in [0.15, 0.2) is 5.69 Å². The fraction of sp³-hybridized carbons (Fsp3) is 0.412. The highest BCUT2D eigenvalue weighted by Gasteiger charge is 2.26. The monoisotopic (exact) mass is 377 g/mol. The molecule has 1 heterocycles. The van der Waals surface area contributed by atoms with Crippen LogP contribution >= 0.6 is 11.6 Å². The van der Waals surface area contributed by atoms with E-state index in [0.29, 0.717) is 28.9 Å². The molecule has 138 valence electrons. The van der Waals surface area contributed by atoms with Crippen LogP contribution in [0.1, 0.15) is 36.7 Å². The van der Waals surface area contributed by atoms with Crippen LogP contribution in [0.25, 0.3) is 10.9 Å². The molecule has 26 heavy (non-hydrogen) atoms.